The number of para-hydroxylation sites is 2. The van der Waals surface area contributed by atoms with Crippen molar-refractivity contribution in [3.8, 4) is 0 Å². The van der Waals surface area contributed by atoms with Crippen LogP contribution in [0.25, 0.3) is 21.8 Å². The van der Waals surface area contributed by atoms with Gasteiger partial charge >= 0.3 is 30.0 Å². The van der Waals surface area contributed by atoms with Gasteiger partial charge in [0.15, 0.2) is 0 Å². The number of nitrogens with two attached hydrogens (primary N) is 1. The van der Waals surface area contributed by atoms with Gasteiger partial charge in [0, 0.05) is 59.9 Å². The van der Waals surface area contributed by atoms with Crippen molar-refractivity contribution >= 4 is 63.6 Å². The average Bonchev–Trinajstić information content (AvgIpc) is 3.92. The fourth-order valence-corrected chi connectivity index (χ4v) is 6.67. The third-order valence-electron chi connectivity index (χ3n) is 10.1. The molecule has 18 heteroatoms. The molecule has 0 unspecified atom stereocenters. The molecule has 6 aromatic rings. The largest absolute Gasteiger partial charge is 0.481 e. The number of hydrogen-bond acceptors (Lipinski definition) is 10. The van der Waals surface area contributed by atoms with E-state index in [1.807, 2.05) is 84.9 Å². The molecule has 0 bridgehead atoms. The highest BCUT2D eigenvalue weighted by atomic mass is 16.5. The Morgan fingerprint density at radius 3 is 1.52 bits per heavy atom. The highest BCUT2D eigenvalue weighted by Crippen LogP contribution is 2.21. The molecule has 10 N–H and O–H groups in total. The smallest absolute Gasteiger partial charge is 0.408 e. The zero-order valence-electron chi connectivity index (χ0n) is 35.1. The number of aromatic nitrogens is 2. The lowest BCUT2D eigenvalue weighted by Gasteiger charge is -2.21. The lowest BCUT2D eigenvalue weighted by atomic mass is 10.0. The number of carbonyl (C=O) groups excluding carboxylic acids is 4. The molecule has 3 amide bonds. The predicted octanol–water partition coefficient (Wildman–Crippen LogP) is 4.57. The Morgan fingerprint density at radius 1 is 0.538 bits per heavy atom. The fraction of sp³-hybridized carbons (Fsp3) is 0.255. The quantitative estimate of drug-likeness (QED) is 0.0448. The minimum absolute atomic E-state index is 0.00477. The second kappa shape index (κ2) is 24.0. The lowest BCUT2D eigenvalue weighted by molar-refractivity contribution is -0.149. The average molecular weight is 891 g/mol. The Bertz CT molecular complexity index is 2560. The monoisotopic (exact) mass is 890 g/mol. The minimum Gasteiger partial charge on any atom is -0.481 e. The second-order valence-electron chi connectivity index (χ2n) is 14.9. The van der Waals surface area contributed by atoms with Crippen LogP contribution in [0.4, 0.5) is 4.79 Å². The number of aromatic amines is 2. The van der Waals surface area contributed by atoms with Gasteiger partial charge in [0.25, 0.3) is 0 Å². The van der Waals surface area contributed by atoms with Crippen LogP contribution < -0.4 is 21.7 Å². The van der Waals surface area contributed by atoms with Crippen LogP contribution >= 0.6 is 0 Å². The van der Waals surface area contributed by atoms with Crippen molar-refractivity contribution in [1.29, 1.82) is 0 Å². The van der Waals surface area contributed by atoms with E-state index >= 15 is 0 Å². The van der Waals surface area contributed by atoms with Crippen LogP contribution in [0.3, 0.4) is 0 Å². The zero-order chi connectivity index (χ0) is 46.7. The first-order chi connectivity index (χ1) is 31.3. The van der Waals surface area contributed by atoms with Gasteiger partial charge in [-0.1, -0.05) is 97.1 Å². The highest BCUT2D eigenvalue weighted by Gasteiger charge is 2.29. The number of esters is 1. The predicted molar refractivity (Wildman–Crippen MR) is 237 cm³/mol. The van der Waals surface area contributed by atoms with E-state index in [2.05, 4.69) is 25.9 Å². The number of benzene rings is 4. The van der Waals surface area contributed by atoms with Gasteiger partial charge in [0.1, 0.15) is 31.3 Å². The first kappa shape index (κ1) is 48.0. The van der Waals surface area contributed by atoms with Crippen molar-refractivity contribution in [1.82, 2.24) is 25.9 Å². The summed E-state index contributed by atoms with van der Waals surface area (Å²) in [5.74, 6) is -5.46. The molecule has 0 radical (unpaired) electrons. The normalized spacial score (nSPS) is 12.6. The number of aliphatic carboxylic acids is 3. The molecule has 0 aliphatic rings. The Hall–Kier alpha value is -7.99. The zero-order valence-corrected chi connectivity index (χ0v) is 35.1. The molecule has 340 valence electrons. The summed E-state index contributed by atoms with van der Waals surface area (Å²) in [6.07, 6.45) is 1.84. The minimum atomic E-state index is -1.29. The van der Waals surface area contributed by atoms with Gasteiger partial charge < -0.3 is 56.4 Å². The maximum absolute atomic E-state index is 12.8. The van der Waals surface area contributed by atoms with Gasteiger partial charge in [0.2, 0.25) is 11.8 Å². The molecule has 18 nitrogen and oxygen atoms in total. The molecule has 0 saturated heterocycles. The summed E-state index contributed by atoms with van der Waals surface area (Å²) in [5, 5.41) is 36.6. The second-order valence-corrected chi connectivity index (χ2v) is 14.9. The molecule has 0 spiro atoms. The number of nitrogens with one attached hydrogen (secondary N) is 5. The maximum Gasteiger partial charge on any atom is 0.408 e. The molecule has 4 atom stereocenters. The van der Waals surface area contributed by atoms with Crippen LogP contribution in [0.15, 0.2) is 122 Å². The molecular formula is C47H50N6O12. The standard InChI is InChI=1S/C24H25N3O7.C23H25N3O5/c28-21(29)11-10-19(27-24(33)34-14-15-6-2-1-3-7-15)22(30)26-20(23(31)32)12-16-13-25-18-9-5-4-8-17(16)18;24-18(10-11-21(27)28)22(29)26-20(23(30)31-14-15-6-2-1-3-7-15)12-16-13-25-19-9-5-4-8-17(16)19/h1-9,13,19-20,25H,10-12,14H2,(H,26,30)(H,27,33)(H,28,29)(H,31,32);1-9,13,18,20,25H,10-12,14,24H2,(H,26,29)(H,27,28)/t19-,20-;18-,20-/m11/s1. The Balaban J connectivity index is 0.000000245. The number of carbonyl (C=O) groups is 7. The van der Waals surface area contributed by atoms with Gasteiger partial charge in [-0.2, -0.15) is 0 Å². The van der Waals surface area contributed by atoms with Gasteiger partial charge in [-0.3, -0.25) is 19.2 Å². The number of carboxylic acid groups (broad SMARTS) is 3. The van der Waals surface area contributed by atoms with Crippen LogP contribution in [0.1, 0.15) is 47.9 Å². The third-order valence-corrected chi connectivity index (χ3v) is 10.1. The SMILES string of the molecule is N[C@H](CCC(=O)O)C(=O)N[C@H](Cc1c[nH]c2ccccc12)C(=O)OCc1ccccc1.O=C(O)CC[C@@H](NC(=O)OCc1ccccc1)C(=O)N[C@H](Cc1c[nH]c2ccccc12)C(=O)O. The van der Waals surface area contributed by atoms with E-state index in [0.29, 0.717) is 5.56 Å². The van der Waals surface area contributed by atoms with Crippen molar-refractivity contribution in [2.45, 2.75) is 75.9 Å². The van der Waals surface area contributed by atoms with Gasteiger partial charge in [-0.15, -0.1) is 0 Å². The molecule has 0 fully saturated rings. The maximum atomic E-state index is 12.8. The number of amides is 3. The number of carboxylic acids is 3. The van der Waals surface area contributed by atoms with Crippen LogP contribution in [-0.2, 0) is 64.3 Å². The van der Waals surface area contributed by atoms with Crippen LogP contribution in [0, 0.1) is 0 Å². The van der Waals surface area contributed by atoms with Crippen molar-refractivity contribution in [3.63, 3.8) is 0 Å². The first-order valence-electron chi connectivity index (χ1n) is 20.6. The van der Waals surface area contributed by atoms with E-state index in [1.165, 1.54) is 0 Å². The number of alkyl carbamates (subject to hydrolysis) is 1. The van der Waals surface area contributed by atoms with Crippen molar-refractivity contribution < 1.29 is 58.4 Å². The van der Waals surface area contributed by atoms with E-state index in [4.69, 9.17) is 25.4 Å². The van der Waals surface area contributed by atoms with E-state index in [1.54, 1.807) is 36.7 Å². The molecular weight excluding hydrogens is 841 g/mol. The topological polar surface area (TPSA) is 292 Å². The van der Waals surface area contributed by atoms with Crippen molar-refractivity contribution in [2.24, 2.45) is 5.73 Å². The van der Waals surface area contributed by atoms with E-state index in [9.17, 15) is 38.7 Å². The Kier molecular flexibility index (Phi) is 17.8. The van der Waals surface area contributed by atoms with Gasteiger partial charge in [-0.25, -0.2) is 14.4 Å². The summed E-state index contributed by atoms with van der Waals surface area (Å²) in [7, 11) is 0. The van der Waals surface area contributed by atoms with Gasteiger partial charge in [0.05, 0.1) is 6.04 Å². The Labute approximate surface area is 372 Å². The first-order valence-corrected chi connectivity index (χ1v) is 20.6. The van der Waals surface area contributed by atoms with E-state index in [-0.39, 0.29) is 45.3 Å². The van der Waals surface area contributed by atoms with Crippen molar-refractivity contribution in [2.75, 3.05) is 0 Å². The van der Waals surface area contributed by atoms with Crippen LogP contribution in [0.5, 0.6) is 0 Å². The molecule has 65 heavy (non-hydrogen) atoms. The summed E-state index contributed by atoms with van der Waals surface area (Å²) in [6.45, 7) is 0.0310. The summed E-state index contributed by atoms with van der Waals surface area (Å²) in [5.41, 5.74) is 10.6. The number of rotatable bonds is 21. The molecule has 2 aromatic heterocycles. The van der Waals surface area contributed by atoms with Gasteiger partial charge in [-0.05, 0) is 47.2 Å². The molecule has 0 aliphatic heterocycles. The fourth-order valence-electron chi connectivity index (χ4n) is 6.67. The summed E-state index contributed by atoms with van der Waals surface area (Å²) in [4.78, 5) is 90.2. The van der Waals surface area contributed by atoms with Crippen LogP contribution in [-0.4, -0.2) is 91.2 Å². The summed E-state index contributed by atoms with van der Waals surface area (Å²) >= 11 is 0. The number of fused-ring (bicyclic) bond motifs is 2. The Morgan fingerprint density at radius 2 is 1.00 bits per heavy atom. The molecule has 0 saturated carbocycles. The lowest BCUT2D eigenvalue weighted by Crippen LogP contribution is -2.52. The van der Waals surface area contributed by atoms with Crippen LogP contribution in [0.2, 0.25) is 0 Å². The number of ether oxygens (including phenoxy) is 2. The molecule has 6 rings (SSSR count). The molecule has 4 aromatic carbocycles. The highest BCUT2D eigenvalue weighted by molar-refractivity contribution is 5.91. The summed E-state index contributed by atoms with van der Waals surface area (Å²) < 4.78 is 10.5. The molecule has 2 heterocycles. The molecule has 0 aliphatic carbocycles. The number of H-pyrrole nitrogens is 2. The van der Waals surface area contributed by atoms with Crippen molar-refractivity contribution in [3.05, 3.63) is 144 Å². The van der Waals surface area contributed by atoms with E-state index < -0.39 is 72.4 Å². The summed E-state index contributed by atoms with van der Waals surface area (Å²) in [6, 6.07) is 28.5. The van der Waals surface area contributed by atoms with E-state index in [0.717, 1.165) is 38.5 Å². The number of hydrogen-bond donors (Lipinski definition) is 9. The third kappa shape index (κ3) is 15.1.